The van der Waals surface area contributed by atoms with E-state index < -0.39 is 11.7 Å². The van der Waals surface area contributed by atoms with Crippen molar-refractivity contribution in [3.8, 4) is 5.75 Å². The summed E-state index contributed by atoms with van der Waals surface area (Å²) in [5.74, 6) is -0.133. The molecule has 1 aromatic rings. The van der Waals surface area contributed by atoms with Crippen LogP contribution in [0.5, 0.6) is 5.75 Å². The molecule has 0 atom stereocenters. The lowest BCUT2D eigenvalue weighted by Crippen LogP contribution is -2.11. The number of rotatable bonds is 4. The zero-order valence-electron chi connectivity index (χ0n) is 8.97. The summed E-state index contributed by atoms with van der Waals surface area (Å²) in [4.78, 5) is 0. The quantitative estimate of drug-likeness (QED) is 0.755. The van der Waals surface area contributed by atoms with Crippen molar-refractivity contribution in [2.45, 2.75) is 19.5 Å². The van der Waals surface area contributed by atoms with E-state index in [9.17, 15) is 13.2 Å². The summed E-state index contributed by atoms with van der Waals surface area (Å²) >= 11 is 0. The molecule has 0 aliphatic rings. The predicted octanol–water partition coefficient (Wildman–Crippen LogP) is 4.14. The van der Waals surface area contributed by atoms with Crippen molar-refractivity contribution in [2.24, 2.45) is 0 Å². The number of hydrogen-bond donors (Lipinski definition) is 0. The van der Waals surface area contributed by atoms with Crippen LogP contribution in [-0.4, -0.2) is 6.61 Å². The Labute approximate surface area is 92.5 Å². The first-order chi connectivity index (χ1) is 7.50. The lowest BCUT2D eigenvalue weighted by molar-refractivity contribution is -0.139. The molecule has 0 aromatic heterocycles. The molecule has 4 heteroatoms. The first-order valence-electron chi connectivity index (χ1n) is 4.96. The fraction of sp³-hybridized carbons (Fsp3) is 0.333. The van der Waals surface area contributed by atoms with Gasteiger partial charge in [0, 0.05) is 0 Å². The van der Waals surface area contributed by atoms with E-state index in [0.717, 1.165) is 0 Å². The molecule has 16 heavy (non-hydrogen) atoms. The Balaban J connectivity index is 3.21. The van der Waals surface area contributed by atoms with Crippen molar-refractivity contribution >= 4 is 6.08 Å². The lowest BCUT2D eigenvalue weighted by atomic mass is 10.1. The molecule has 1 nitrogen and oxygen atoms in total. The molecule has 0 spiro atoms. The average Bonchev–Trinajstić information content (AvgIpc) is 2.24. The van der Waals surface area contributed by atoms with Gasteiger partial charge in [-0.1, -0.05) is 31.7 Å². The minimum atomic E-state index is -4.42. The maximum Gasteiger partial charge on any atom is 0.420 e. The van der Waals surface area contributed by atoms with E-state index in [1.54, 1.807) is 0 Å². The van der Waals surface area contributed by atoms with Crippen LogP contribution in [0.25, 0.3) is 6.08 Å². The smallest absolute Gasteiger partial charge is 0.420 e. The highest BCUT2D eigenvalue weighted by molar-refractivity contribution is 5.57. The summed E-state index contributed by atoms with van der Waals surface area (Å²) in [5, 5.41) is 0. The highest BCUT2D eigenvalue weighted by atomic mass is 19.4. The van der Waals surface area contributed by atoms with E-state index in [2.05, 4.69) is 6.58 Å². The zero-order valence-corrected chi connectivity index (χ0v) is 8.97. The Morgan fingerprint density at radius 3 is 2.56 bits per heavy atom. The number of halogens is 3. The van der Waals surface area contributed by atoms with E-state index in [1.165, 1.54) is 24.3 Å². The van der Waals surface area contributed by atoms with Crippen LogP contribution in [0.4, 0.5) is 13.2 Å². The van der Waals surface area contributed by atoms with Gasteiger partial charge in [0.15, 0.2) is 0 Å². The Kier molecular flexibility index (Phi) is 3.99. The van der Waals surface area contributed by atoms with Crippen LogP contribution in [0.3, 0.4) is 0 Å². The van der Waals surface area contributed by atoms with Gasteiger partial charge in [-0.2, -0.15) is 13.2 Å². The van der Waals surface area contributed by atoms with E-state index in [-0.39, 0.29) is 17.9 Å². The molecular formula is C12H13F3O. The molecule has 1 aromatic carbocycles. The molecule has 0 bridgehead atoms. The second kappa shape index (κ2) is 5.05. The van der Waals surface area contributed by atoms with Gasteiger partial charge in [0.25, 0.3) is 0 Å². The molecule has 0 N–H and O–H groups in total. The third kappa shape index (κ3) is 2.78. The van der Waals surface area contributed by atoms with E-state index in [4.69, 9.17) is 4.74 Å². The Morgan fingerprint density at radius 2 is 2.06 bits per heavy atom. The molecule has 0 saturated heterocycles. The molecule has 88 valence electrons. The van der Waals surface area contributed by atoms with Gasteiger partial charge in [-0.15, -0.1) is 0 Å². The van der Waals surface area contributed by atoms with Gasteiger partial charge in [-0.05, 0) is 18.1 Å². The second-order valence-corrected chi connectivity index (χ2v) is 3.27. The van der Waals surface area contributed by atoms with E-state index in [0.29, 0.717) is 6.42 Å². The second-order valence-electron chi connectivity index (χ2n) is 3.27. The standard InChI is InChI=1S/C12H13F3O/c1-3-8-16-10-7-5-6-9(4-2)11(10)12(13,14)15/h4-7H,2-3,8H2,1H3. The summed E-state index contributed by atoms with van der Waals surface area (Å²) in [5.41, 5.74) is -0.709. The molecule has 0 unspecified atom stereocenters. The average molecular weight is 230 g/mol. The summed E-state index contributed by atoms with van der Waals surface area (Å²) in [6, 6.07) is 4.22. The van der Waals surface area contributed by atoms with Crippen LogP contribution in [0.15, 0.2) is 24.8 Å². The highest BCUT2D eigenvalue weighted by Gasteiger charge is 2.36. The molecule has 0 aliphatic carbocycles. The van der Waals surface area contributed by atoms with Crippen LogP contribution < -0.4 is 4.74 Å². The molecule has 0 aliphatic heterocycles. The van der Waals surface area contributed by atoms with Crippen LogP contribution in [0, 0.1) is 0 Å². The fourth-order valence-corrected chi connectivity index (χ4v) is 1.35. The topological polar surface area (TPSA) is 9.23 Å². The molecule has 0 amide bonds. The fourth-order valence-electron chi connectivity index (χ4n) is 1.35. The van der Waals surface area contributed by atoms with Crippen LogP contribution in [-0.2, 0) is 6.18 Å². The number of benzene rings is 1. The Bertz CT molecular complexity index is 369. The number of ether oxygens (including phenoxy) is 1. The molecule has 0 saturated carbocycles. The SMILES string of the molecule is C=Cc1cccc(OCCC)c1C(F)(F)F. The maximum atomic E-state index is 12.8. The van der Waals surface area contributed by atoms with Crippen molar-refractivity contribution < 1.29 is 17.9 Å². The summed E-state index contributed by atoms with van der Waals surface area (Å²) in [6.07, 6.45) is -2.58. The normalized spacial score (nSPS) is 11.2. The minimum absolute atomic E-state index is 0.0427. The largest absolute Gasteiger partial charge is 0.493 e. The lowest BCUT2D eigenvalue weighted by Gasteiger charge is -2.15. The van der Waals surface area contributed by atoms with Gasteiger partial charge >= 0.3 is 6.18 Å². The van der Waals surface area contributed by atoms with Gasteiger partial charge in [0.2, 0.25) is 0 Å². The van der Waals surface area contributed by atoms with Gasteiger partial charge in [-0.3, -0.25) is 0 Å². The maximum absolute atomic E-state index is 12.8. The Morgan fingerprint density at radius 1 is 1.38 bits per heavy atom. The summed E-state index contributed by atoms with van der Waals surface area (Å²) < 4.78 is 43.5. The van der Waals surface area contributed by atoms with Crippen molar-refractivity contribution in [1.29, 1.82) is 0 Å². The summed E-state index contributed by atoms with van der Waals surface area (Å²) in [7, 11) is 0. The van der Waals surface area contributed by atoms with Crippen LogP contribution >= 0.6 is 0 Å². The van der Waals surface area contributed by atoms with Gasteiger partial charge < -0.3 is 4.74 Å². The molecule has 1 rings (SSSR count). The van der Waals surface area contributed by atoms with Crippen LogP contribution in [0.1, 0.15) is 24.5 Å². The predicted molar refractivity (Wildman–Crippen MR) is 57.3 cm³/mol. The monoisotopic (exact) mass is 230 g/mol. The first kappa shape index (κ1) is 12.6. The van der Waals surface area contributed by atoms with Gasteiger partial charge in [0.05, 0.1) is 6.61 Å². The summed E-state index contributed by atoms with van der Waals surface area (Å²) in [6.45, 7) is 5.48. The highest BCUT2D eigenvalue weighted by Crippen LogP contribution is 2.39. The van der Waals surface area contributed by atoms with Crippen molar-refractivity contribution in [3.05, 3.63) is 35.9 Å². The Hall–Kier alpha value is -1.45. The van der Waals surface area contributed by atoms with E-state index in [1.807, 2.05) is 6.92 Å². The molecule has 0 fully saturated rings. The van der Waals surface area contributed by atoms with Crippen molar-refractivity contribution in [3.63, 3.8) is 0 Å². The van der Waals surface area contributed by atoms with Gasteiger partial charge in [0.1, 0.15) is 11.3 Å². The molecule has 0 radical (unpaired) electrons. The number of alkyl halides is 3. The minimum Gasteiger partial charge on any atom is -0.493 e. The van der Waals surface area contributed by atoms with Crippen LogP contribution in [0.2, 0.25) is 0 Å². The first-order valence-corrected chi connectivity index (χ1v) is 4.96. The zero-order chi connectivity index (χ0) is 12.2. The molecular weight excluding hydrogens is 217 g/mol. The number of hydrogen-bond acceptors (Lipinski definition) is 1. The third-order valence-corrected chi connectivity index (χ3v) is 2.02. The third-order valence-electron chi connectivity index (χ3n) is 2.02. The van der Waals surface area contributed by atoms with E-state index >= 15 is 0 Å². The van der Waals surface area contributed by atoms with Crippen molar-refractivity contribution in [1.82, 2.24) is 0 Å². The molecule has 0 heterocycles. The van der Waals surface area contributed by atoms with Gasteiger partial charge in [-0.25, -0.2) is 0 Å². The van der Waals surface area contributed by atoms with Crippen molar-refractivity contribution in [2.75, 3.05) is 6.61 Å².